The second kappa shape index (κ2) is 9.96. The maximum Gasteiger partial charge on any atom is 0.0719 e. The van der Waals surface area contributed by atoms with Crippen LogP contribution in [0.1, 0.15) is 63.6 Å². The van der Waals surface area contributed by atoms with Crippen LogP contribution in [0.15, 0.2) is 158 Å². The van der Waals surface area contributed by atoms with Crippen molar-refractivity contribution in [3.05, 3.63) is 197 Å². The zero-order chi connectivity index (χ0) is 28.1. The zero-order valence-electron chi connectivity index (χ0n) is 23.7. The molecule has 0 N–H and O–H groups in total. The Morgan fingerprint density at radius 2 is 1.26 bits per heavy atom. The van der Waals surface area contributed by atoms with E-state index in [9.17, 15) is 0 Å². The summed E-state index contributed by atoms with van der Waals surface area (Å²) in [5, 5.41) is 0. The maximum absolute atomic E-state index is 4.65. The van der Waals surface area contributed by atoms with Gasteiger partial charge in [-0.15, -0.1) is 6.58 Å². The third kappa shape index (κ3) is 3.53. The first-order chi connectivity index (χ1) is 20.8. The van der Waals surface area contributed by atoms with Crippen LogP contribution in [0.2, 0.25) is 0 Å². The molecule has 202 valence electrons. The molecule has 0 saturated carbocycles. The minimum absolute atomic E-state index is 0.103. The van der Waals surface area contributed by atoms with Crippen molar-refractivity contribution in [2.24, 2.45) is 5.92 Å². The Morgan fingerprint density at radius 1 is 0.667 bits per heavy atom. The van der Waals surface area contributed by atoms with E-state index in [-0.39, 0.29) is 11.8 Å². The smallest absolute Gasteiger partial charge is 0.0719 e. The number of pyridine rings is 1. The molecule has 0 bridgehead atoms. The standard InChI is InChI=1S/C41H33N/c1-2-28-13-11-14-29(25-24-28)39-33-18-5-9-22-37(33)41(35-20-7-3-16-31(35)32-17-4-8-21-36(32)41)38-23-10-6-19-34(38)40(39)30-15-12-26-42-27-30/h2-10,12,14-28,39-40H,1,11,13H2. The molecule has 8 rings (SSSR count). The van der Waals surface area contributed by atoms with Crippen molar-refractivity contribution < 1.29 is 0 Å². The summed E-state index contributed by atoms with van der Waals surface area (Å²) in [5.41, 5.74) is 13.1. The number of fused-ring (bicyclic) bond motifs is 9. The lowest BCUT2D eigenvalue weighted by molar-refractivity contribution is 0.688. The summed E-state index contributed by atoms with van der Waals surface area (Å²) in [7, 11) is 0. The number of rotatable bonds is 3. The number of benzene rings is 4. The van der Waals surface area contributed by atoms with Crippen molar-refractivity contribution >= 4 is 0 Å². The Hall–Kier alpha value is -4.75. The molecule has 1 heteroatoms. The lowest BCUT2D eigenvalue weighted by Crippen LogP contribution is -2.30. The van der Waals surface area contributed by atoms with Crippen LogP contribution in [0.5, 0.6) is 0 Å². The Balaban J connectivity index is 1.54. The largest absolute Gasteiger partial charge is 0.264 e. The van der Waals surface area contributed by atoms with Gasteiger partial charge in [0.15, 0.2) is 0 Å². The molecule has 0 aliphatic heterocycles. The molecule has 1 spiro atoms. The van der Waals surface area contributed by atoms with Crippen LogP contribution < -0.4 is 0 Å². The molecule has 0 amide bonds. The fraction of sp³-hybridized carbons (Fsp3) is 0.146. The van der Waals surface area contributed by atoms with E-state index >= 15 is 0 Å². The van der Waals surface area contributed by atoms with E-state index in [0.717, 1.165) is 12.8 Å². The summed E-state index contributed by atoms with van der Waals surface area (Å²) >= 11 is 0. The van der Waals surface area contributed by atoms with Gasteiger partial charge in [0.25, 0.3) is 0 Å². The van der Waals surface area contributed by atoms with Crippen LogP contribution in [0, 0.1) is 5.92 Å². The SMILES string of the molecule is C=CC1C=CC(C2c3ccccc3C3(c4ccccc4-c4ccccc43)c3ccccc3C2c2cccnc2)=CCC1. The topological polar surface area (TPSA) is 12.9 Å². The molecule has 4 aromatic carbocycles. The van der Waals surface area contributed by atoms with Crippen LogP contribution in [0.3, 0.4) is 0 Å². The molecule has 3 unspecified atom stereocenters. The van der Waals surface area contributed by atoms with Gasteiger partial charge in [-0.3, -0.25) is 4.98 Å². The van der Waals surface area contributed by atoms with Gasteiger partial charge in [-0.1, -0.05) is 127 Å². The summed E-state index contributed by atoms with van der Waals surface area (Å²) in [6.45, 7) is 4.11. The molecule has 0 radical (unpaired) electrons. The third-order valence-electron chi connectivity index (χ3n) is 9.81. The highest BCUT2D eigenvalue weighted by Gasteiger charge is 2.51. The van der Waals surface area contributed by atoms with E-state index < -0.39 is 5.41 Å². The highest BCUT2D eigenvalue weighted by Crippen LogP contribution is 2.62. The molecule has 5 aromatic rings. The molecular weight excluding hydrogens is 506 g/mol. The average molecular weight is 540 g/mol. The van der Waals surface area contributed by atoms with Crippen molar-refractivity contribution in [1.29, 1.82) is 0 Å². The molecule has 1 heterocycles. The summed E-state index contributed by atoms with van der Waals surface area (Å²) in [6.07, 6.45) is 15.4. The van der Waals surface area contributed by atoms with Gasteiger partial charge in [0, 0.05) is 24.2 Å². The Morgan fingerprint density at radius 3 is 1.88 bits per heavy atom. The number of aromatic nitrogens is 1. The minimum Gasteiger partial charge on any atom is -0.264 e. The number of hydrogen-bond donors (Lipinski definition) is 0. The number of hydrogen-bond acceptors (Lipinski definition) is 1. The van der Waals surface area contributed by atoms with E-state index in [4.69, 9.17) is 0 Å². The van der Waals surface area contributed by atoms with Crippen molar-refractivity contribution in [1.82, 2.24) is 4.98 Å². The van der Waals surface area contributed by atoms with Crippen molar-refractivity contribution in [3.8, 4) is 11.1 Å². The zero-order valence-corrected chi connectivity index (χ0v) is 23.7. The molecule has 0 fully saturated rings. The summed E-state index contributed by atoms with van der Waals surface area (Å²) in [5.74, 6) is 0.626. The highest BCUT2D eigenvalue weighted by atomic mass is 14.6. The summed E-state index contributed by atoms with van der Waals surface area (Å²) in [4.78, 5) is 4.65. The predicted octanol–water partition coefficient (Wildman–Crippen LogP) is 9.75. The maximum atomic E-state index is 4.65. The van der Waals surface area contributed by atoms with Gasteiger partial charge in [0.2, 0.25) is 0 Å². The molecule has 3 aliphatic rings. The second-order valence-electron chi connectivity index (χ2n) is 11.8. The molecule has 1 nitrogen and oxygen atoms in total. The molecule has 3 aliphatic carbocycles. The van der Waals surface area contributed by atoms with Crippen LogP contribution in [0.25, 0.3) is 11.1 Å². The van der Waals surface area contributed by atoms with Gasteiger partial charge in [-0.05, 0) is 80.5 Å². The van der Waals surface area contributed by atoms with Gasteiger partial charge in [0.05, 0.1) is 5.41 Å². The van der Waals surface area contributed by atoms with E-state index in [1.54, 1.807) is 0 Å². The van der Waals surface area contributed by atoms with Crippen LogP contribution in [-0.2, 0) is 5.41 Å². The molecular formula is C41H33N. The molecule has 1 aromatic heterocycles. The number of allylic oxidation sites excluding steroid dienone is 5. The average Bonchev–Trinajstić information content (AvgIpc) is 3.16. The summed E-state index contributed by atoms with van der Waals surface area (Å²) < 4.78 is 0. The van der Waals surface area contributed by atoms with E-state index in [1.807, 2.05) is 6.20 Å². The third-order valence-corrected chi connectivity index (χ3v) is 9.81. The van der Waals surface area contributed by atoms with Crippen LogP contribution in [-0.4, -0.2) is 4.98 Å². The first kappa shape index (κ1) is 25.0. The Bertz CT molecular complexity index is 1830. The van der Waals surface area contributed by atoms with Crippen molar-refractivity contribution in [2.75, 3.05) is 0 Å². The lowest BCUT2D eigenvalue weighted by Gasteiger charge is -2.35. The predicted molar refractivity (Wildman–Crippen MR) is 173 cm³/mol. The fourth-order valence-electron chi connectivity index (χ4n) is 8.11. The van der Waals surface area contributed by atoms with Crippen molar-refractivity contribution in [2.45, 2.75) is 30.1 Å². The van der Waals surface area contributed by atoms with E-state index in [0.29, 0.717) is 5.92 Å². The molecule has 3 atom stereocenters. The highest BCUT2D eigenvalue weighted by molar-refractivity contribution is 5.87. The first-order valence-electron chi connectivity index (χ1n) is 15.1. The second-order valence-corrected chi connectivity index (χ2v) is 11.8. The van der Waals surface area contributed by atoms with Crippen LogP contribution >= 0.6 is 0 Å². The first-order valence-corrected chi connectivity index (χ1v) is 15.1. The van der Waals surface area contributed by atoms with Gasteiger partial charge in [-0.25, -0.2) is 0 Å². The fourth-order valence-corrected chi connectivity index (χ4v) is 8.11. The van der Waals surface area contributed by atoms with Gasteiger partial charge in [0.1, 0.15) is 0 Å². The Kier molecular flexibility index (Phi) is 5.93. The van der Waals surface area contributed by atoms with Crippen molar-refractivity contribution in [3.63, 3.8) is 0 Å². The van der Waals surface area contributed by atoms with E-state index in [2.05, 4.69) is 151 Å². The lowest BCUT2D eigenvalue weighted by atomic mass is 9.66. The van der Waals surface area contributed by atoms with Gasteiger partial charge in [-0.2, -0.15) is 0 Å². The Labute approximate surface area is 248 Å². The van der Waals surface area contributed by atoms with Gasteiger partial charge < -0.3 is 0 Å². The molecule has 42 heavy (non-hydrogen) atoms. The number of nitrogens with zero attached hydrogens (tertiary/aromatic N) is 1. The normalized spacial score (nSPS) is 21.2. The summed E-state index contributed by atoms with van der Waals surface area (Å²) in [6, 6.07) is 41.0. The van der Waals surface area contributed by atoms with Gasteiger partial charge >= 0.3 is 0 Å². The molecule has 0 saturated heterocycles. The quantitative estimate of drug-likeness (QED) is 0.204. The monoisotopic (exact) mass is 539 g/mol. The minimum atomic E-state index is -0.422. The van der Waals surface area contributed by atoms with E-state index in [1.165, 1.54) is 55.6 Å². The van der Waals surface area contributed by atoms with Crippen LogP contribution in [0.4, 0.5) is 0 Å².